The molecule has 100 valence electrons. The highest BCUT2D eigenvalue weighted by atomic mass is 32.1. The van der Waals surface area contributed by atoms with E-state index in [0.29, 0.717) is 24.4 Å². The minimum absolute atomic E-state index is 0.00554. The number of para-hydroxylation sites is 1. The second-order valence-corrected chi connectivity index (χ2v) is 5.14. The lowest BCUT2D eigenvalue weighted by Gasteiger charge is -2.02. The van der Waals surface area contributed by atoms with Crippen LogP contribution in [0.3, 0.4) is 0 Å². The number of aromatic nitrogens is 1. The molecule has 0 spiro atoms. The van der Waals surface area contributed by atoms with Gasteiger partial charge in [0.2, 0.25) is 5.91 Å². The van der Waals surface area contributed by atoms with E-state index in [4.69, 9.17) is 0 Å². The van der Waals surface area contributed by atoms with Gasteiger partial charge in [-0.1, -0.05) is 23.5 Å². The molecule has 6 heteroatoms. The van der Waals surface area contributed by atoms with Crippen LogP contribution in [0.4, 0.5) is 5.13 Å². The summed E-state index contributed by atoms with van der Waals surface area (Å²) in [6, 6.07) is 7.66. The van der Waals surface area contributed by atoms with E-state index in [0.717, 1.165) is 10.2 Å². The number of benzene rings is 1. The number of hydrogen-bond acceptors (Lipinski definition) is 5. The van der Waals surface area contributed by atoms with Gasteiger partial charge in [-0.2, -0.15) is 0 Å². The maximum absolute atomic E-state index is 11.6. The number of thiazole rings is 1. The van der Waals surface area contributed by atoms with Crippen molar-refractivity contribution in [2.75, 3.05) is 5.32 Å². The highest BCUT2D eigenvalue weighted by Gasteiger charge is 2.07. The highest BCUT2D eigenvalue weighted by Crippen LogP contribution is 2.25. The van der Waals surface area contributed by atoms with E-state index < -0.39 is 5.97 Å². The quantitative estimate of drug-likeness (QED) is 0.812. The predicted octanol–water partition coefficient (Wildman–Crippen LogP) is 1.55. The first kappa shape index (κ1) is 13.5. The summed E-state index contributed by atoms with van der Waals surface area (Å²) in [6.07, 6.45) is 1.28. The Hall–Kier alpha value is -1.95. The van der Waals surface area contributed by atoms with E-state index in [1.54, 1.807) is 0 Å². The Bertz CT molecular complexity index is 561. The summed E-state index contributed by atoms with van der Waals surface area (Å²) in [5, 5.41) is 13.5. The zero-order valence-electron chi connectivity index (χ0n) is 10.2. The molecule has 0 aliphatic rings. The van der Waals surface area contributed by atoms with Gasteiger partial charge in [-0.25, -0.2) is 4.98 Å². The molecule has 0 radical (unpaired) electrons. The van der Waals surface area contributed by atoms with Crippen molar-refractivity contribution in [2.24, 2.45) is 0 Å². The number of unbranched alkanes of at least 4 members (excludes halogenated alkanes) is 1. The number of carboxylic acid groups (broad SMARTS) is 1. The maximum atomic E-state index is 11.6. The van der Waals surface area contributed by atoms with E-state index in [1.807, 2.05) is 24.3 Å². The van der Waals surface area contributed by atoms with Crippen molar-refractivity contribution in [2.45, 2.75) is 25.7 Å². The molecule has 2 aromatic rings. The first-order valence-electron chi connectivity index (χ1n) is 6.00. The van der Waals surface area contributed by atoms with Crippen molar-refractivity contribution in [3.8, 4) is 0 Å². The standard InChI is InChI=1S/C13H14N2O3S/c16-11(7-3-4-8-12(17)18)15-13-14-9-5-1-2-6-10(9)19-13/h1-2,5-6H,3-4,7-8H2,(H,17,18)(H,14,15,16)/p-1. The molecule has 1 N–H and O–H groups in total. The molecule has 0 aliphatic carbocycles. The van der Waals surface area contributed by atoms with Crippen molar-refractivity contribution in [1.29, 1.82) is 0 Å². The van der Waals surface area contributed by atoms with Gasteiger partial charge in [0.1, 0.15) is 0 Å². The SMILES string of the molecule is O=C([O-])CCCCC(=O)Nc1nc2ccccc2s1. The van der Waals surface area contributed by atoms with Crippen LogP contribution in [0.25, 0.3) is 10.2 Å². The summed E-state index contributed by atoms with van der Waals surface area (Å²) in [5.74, 6) is -1.22. The second-order valence-electron chi connectivity index (χ2n) is 4.11. The Labute approximate surface area is 114 Å². The summed E-state index contributed by atoms with van der Waals surface area (Å²) in [4.78, 5) is 26.1. The molecule has 1 amide bonds. The van der Waals surface area contributed by atoms with Crippen LogP contribution in [-0.4, -0.2) is 16.9 Å². The number of carbonyl (C=O) groups excluding carboxylic acids is 2. The first-order chi connectivity index (χ1) is 9.15. The van der Waals surface area contributed by atoms with E-state index in [2.05, 4.69) is 10.3 Å². The number of nitrogens with zero attached hydrogens (tertiary/aromatic N) is 1. The smallest absolute Gasteiger partial charge is 0.226 e. The zero-order chi connectivity index (χ0) is 13.7. The van der Waals surface area contributed by atoms with Gasteiger partial charge in [0.05, 0.1) is 10.2 Å². The number of rotatable bonds is 6. The van der Waals surface area contributed by atoms with Crippen LogP contribution >= 0.6 is 11.3 Å². The zero-order valence-corrected chi connectivity index (χ0v) is 11.0. The van der Waals surface area contributed by atoms with E-state index in [-0.39, 0.29) is 12.3 Å². The number of amides is 1. The lowest BCUT2D eigenvalue weighted by Crippen LogP contribution is -2.21. The first-order valence-corrected chi connectivity index (χ1v) is 6.82. The molecule has 0 unspecified atom stereocenters. The maximum Gasteiger partial charge on any atom is 0.226 e. The number of hydrogen-bond donors (Lipinski definition) is 1. The van der Waals surface area contributed by atoms with Crippen LogP contribution in [0, 0.1) is 0 Å². The monoisotopic (exact) mass is 277 g/mol. The number of carbonyl (C=O) groups is 2. The fourth-order valence-corrected chi connectivity index (χ4v) is 2.54. The summed E-state index contributed by atoms with van der Waals surface area (Å²) >= 11 is 1.42. The Balaban J connectivity index is 1.83. The third kappa shape index (κ3) is 4.03. The number of fused-ring (bicyclic) bond motifs is 1. The Kier molecular flexibility index (Phi) is 4.46. The minimum Gasteiger partial charge on any atom is -0.550 e. The third-order valence-corrected chi connectivity index (χ3v) is 3.53. The molecular formula is C13H13N2O3S-. The summed E-state index contributed by atoms with van der Waals surface area (Å²) in [5.41, 5.74) is 0.861. The fourth-order valence-electron chi connectivity index (χ4n) is 1.66. The van der Waals surface area contributed by atoms with Crippen molar-refractivity contribution in [3.63, 3.8) is 0 Å². The lowest BCUT2D eigenvalue weighted by molar-refractivity contribution is -0.305. The molecule has 1 aromatic heterocycles. The van der Waals surface area contributed by atoms with Crippen LogP contribution in [0.1, 0.15) is 25.7 Å². The number of anilines is 1. The Morgan fingerprint density at radius 1 is 1.21 bits per heavy atom. The van der Waals surface area contributed by atoms with Gasteiger partial charge in [0, 0.05) is 12.4 Å². The molecule has 1 aromatic carbocycles. The summed E-state index contributed by atoms with van der Waals surface area (Å²) in [7, 11) is 0. The average Bonchev–Trinajstić information content (AvgIpc) is 2.76. The number of nitrogens with one attached hydrogen (secondary N) is 1. The predicted molar refractivity (Wildman–Crippen MR) is 71.7 cm³/mol. The van der Waals surface area contributed by atoms with Crippen LogP contribution in [0.15, 0.2) is 24.3 Å². The van der Waals surface area contributed by atoms with E-state index in [9.17, 15) is 14.7 Å². The summed E-state index contributed by atoms with van der Waals surface area (Å²) in [6.45, 7) is 0. The number of aliphatic carboxylic acids is 1. The Morgan fingerprint density at radius 3 is 2.68 bits per heavy atom. The van der Waals surface area contributed by atoms with Crippen LogP contribution < -0.4 is 10.4 Å². The summed E-state index contributed by atoms with van der Waals surface area (Å²) < 4.78 is 1.02. The number of carboxylic acids is 1. The van der Waals surface area contributed by atoms with Crippen molar-refractivity contribution < 1.29 is 14.7 Å². The molecule has 0 saturated carbocycles. The molecule has 1 heterocycles. The third-order valence-electron chi connectivity index (χ3n) is 2.57. The molecule has 0 fully saturated rings. The average molecular weight is 277 g/mol. The molecule has 5 nitrogen and oxygen atoms in total. The second kappa shape index (κ2) is 6.29. The molecule has 19 heavy (non-hydrogen) atoms. The molecular weight excluding hydrogens is 264 g/mol. The molecule has 2 rings (SSSR count). The van der Waals surface area contributed by atoms with Gasteiger partial charge in [0.25, 0.3) is 0 Å². The molecule has 0 bridgehead atoms. The highest BCUT2D eigenvalue weighted by molar-refractivity contribution is 7.22. The van der Waals surface area contributed by atoms with E-state index >= 15 is 0 Å². The van der Waals surface area contributed by atoms with Crippen molar-refractivity contribution >= 4 is 38.6 Å². The van der Waals surface area contributed by atoms with Crippen LogP contribution in [-0.2, 0) is 9.59 Å². The topological polar surface area (TPSA) is 82.1 Å². The minimum atomic E-state index is -1.08. The largest absolute Gasteiger partial charge is 0.550 e. The van der Waals surface area contributed by atoms with E-state index in [1.165, 1.54) is 11.3 Å². The normalized spacial score (nSPS) is 10.5. The molecule has 0 saturated heterocycles. The Morgan fingerprint density at radius 2 is 1.95 bits per heavy atom. The molecule has 0 aliphatic heterocycles. The van der Waals surface area contributed by atoms with Gasteiger partial charge in [-0.15, -0.1) is 0 Å². The van der Waals surface area contributed by atoms with Gasteiger partial charge < -0.3 is 15.2 Å². The van der Waals surface area contributed by atoms with Gasteiger partial charge in [0.15, 0.2) is 5.13 Å². The van der Waals surface area contributed by atoms with Crippen LogP contribution in [0.2, 0.25) is 0 Å². The fraction of sp³-hybridized carbons (Fsp3) is 0.308. The molecule has 0 atom stereocenters. The van der Waals surface area contributed by atoms with Crippen LogP contribution in [0.5, 0.6) is 0 Å². The van der Waals surface area contributed by atoms with Gasteiger partial charge in [-0.05, 0) is 31.4 Å². The van der Waals surface area contributed by atoms with Gasteiger partial charge >= 0.3 is 0 Å². The van der Waals surface area contributed by atoms with Crippen molar-refractivity contribution in [1.82, 2.24) is 4.98 Å². The lowest BCUT2D eigenvalue weighted by atomic mass is 10.2. The van der Waals surface area contributed by atoms with Gasteiger partial charge in [-0.3, -0.25) is 4.79 Å². The van der Waals surface area contributed by atoms with Crippen molar-refractivity contribution in [3.05, 3.63) is 24.3 Å².